The fraction of sp³-hybridized carbons (Fsp3) is 0.323. The molecule has 0 bridgehead atoms. The Bertz CT molecular complexity index is 1350. The molecular formula is C31H35N5O. The number of carbonyl (C=O) groups is 1. The van der Waals surface area contributed by atoms with Crippen LogP contribution in [0.1, 0.15) is 47.2 Å². The highest BCUT2D eigenvalue weighted by Gasteiger charge is 2.23. The number of hydrogen-bond donors (Lipinski definition) is 2. The lowest BCUT2D eigenvalue weighted by Gasteiger charge is -2.29. The number of anilines is 2. The quantitative estimate of drug-likeness (QED) is 0.330. The Balaban J connectivity index is 1.15. The van der Waals surface area contributed by atoms with Crippen molar-refractivity contribution >= 4 is 28.6 Å². The molecule has 4 aromatic rings. The summed E-state index contributed by atoms with van der Waals surface area (Å²) in [5.74, 6) is 2.12. The first-order valence-corrected chi connectivity index (χ1v) is 13.2. The zero-order chi connectivity index (χ0) is 25.6. The molecule has 0 aliphatic heterocycles. The summed E-state index contributed by atoms with van der Waals surface area (Å²) >= 11 is 0. The third kappa shape index (κ3) is 6.08. The summed E-state index contributed by atoms with van der Waals surface area (Å²) in [7, 11) is 4.02. The molecule has 1 heterocycles. The van der Waals surface area contributed by atoms with Crippen molar-refractivity contribution in [1.29, 1.82) is 0 Å². The normalized spacial score (nSPS) is 17.4. The minimum atomic E-state index is 0.0209. The molecule has 2 N–H and O–H groups in total. The lowest BCUT2D eigenvalue weighted by Crippen LogP contribution is -2.34. The van der Waals surface area contributed by atoms with Crippen molar-refractivity contribution < 1.29 is 4.79 Å². The van der Waals surface area contributed by atoms with E-state index in [0.29, 0.717) is 24.5 Å². The number of nitrogens with zero attached hydrogens (tertiary/aromatic N) is 3. The molecule has 1 amide bonds. The van der Waals surface area contributed by atoms with Gasteiger partial charge in [-0.2, -0.15) is 4.98 Å². The average Bonchev–Trinajstić information content (AvgIpc) is 2.93. The van der Waals surface area contributed by atoms with Crippen LogP contribution < -0.4 is 15.5 Å². The molecule has 5 rings (SSSR count). The Kier molecular flexibility index (Phi) is 7.64. The number of para-hydroxylation sites is 1. The fourth-order valence-corrected chi connectivity index (χ4v) is 5.20. The number of fused-ring (bicyclic) bond motifs is 1. The molecule has 0 unspecified atom stereocenters. The predicted molar refractivity (Wildman–Crippen MR) is 151 cm³/mol. The molecule has 0 atom stereocenters. The lowest BCUT2D eigenvalue weighted by molar-refractivity contribution is 0.0942. The highest BCUT2D eigenvalue weighted by molar-refractivity contribution is 5.95. The number of rotatable bonds is 8. The topological polar surface area (TPSA) is 70.2 Å². The van der Waals surface area contributed by atoms with Crippen LogP contribution >= 0.6 is 0 Å². The Morgan fingerprint density at radius 2 is 1.57 bits per heavy atom. The number of benzene rings is 3. The van der Waals surface area contributed by atoms with Gasteiger partial charge in [-0.15, -0.1) is 0 Å². The van der Waals surface area contributed by atoms with Crippen molar-refractivity contribution in [1.82, 2.24) is 15.3 Å². The molecule has 37 heavy (non-hydrogen) atoms. The molecule has 1 saturated carbocycles. The van der Waals surface area contributed by atoms with E-state index in [1.165, 1.54) is 5.56 Å². The highest BCUT2D eigenvalue weighted by atomic mass is 16.1. The van der Waals surface area contributed by atoms with Gasteiger partial charge in [0.15, 0.2) is 0 Å². The van der Waals surface area contributed by atoms with Crippen molar-refractivity contribution in [2.75, 3.05) is 30.9 Å². The maximum atomic E-state index is 13.1. The van der Waals surface area contributed by atoms with Gasteiger partial charge < -0.3 is 15.5 Å². The highest BCUT2D eigenvalue weighted by Crippen LogP contribution is 2.28. The molecule has 0 saturated heterocycles. The second-order valence-corrected chi connectivity index (χ2v) is 10.2. The van der Waals surface area contributed by atoms with Crippen LogP contribution in [0, 0.1) is 5.92 Å². The fourth-order valence-electron chi connectivity index (χ4n) is 5.20. The molecule has 1 aromatic heterocycles. The van der Waals surface area contributed by atoms with Crippen LogP contribution in [0.4, 0.5) is 11.8 Å². The second kappa shape index (κ2) is 11.4. The first-order chi connectivity index (χ1) is 18.1. The van der Waals surface area contributed by atoms with Crippen molar-refractivity contribution in [3.8, 4) is 0 Å². The maximum absolute atomic E-state index is 13.1. The maximum Gasteiger partial charge on any atom is 0.251 e. The van der Waals surface area contributed by atoms with E-state index in [1.54, 1.807) is 0 Å². The first kappa shape index (κ1) is 24.8. The van der Waals surface area contributed by atoms with Gasteiger partial charge in [-0.1, -0.05) is 60.7 Å². The standard InChI is InChI=1S/C31H35N5O/c1-36(2)29-27-14-8-9-15-28(27)34-31(35-29)33-25-18-16-23(17-19-25)21-32-30(37)26-13-7-6-12-24(26)20-22-10-4-3-5-11-22/h3-15,23,25H,16-21H2,1-2H3,(H,32,37)(H,33,34,35). The van der Waals surface area contributed by atoms with Crippen molar-refractivity contribution in [3.63, 3.8) is 0 Å². The third-order valence-corrected chi connectivity index (χ3v) is 7.24. The van der Waals surface area contributed by atoms with Gasteiger partial charge in [0.2, 0.25) is 5.95 Å². The van der Waals surface area contributed by atoms with Crippen LogP contribution in [0.5, 0.6) is 0 Å². The monoisotopic (exact) mass is 493 g/mol. The Morgan fingerprint density at radius 1 is 0.865 bits per heavy atom. The molecule has 1 aliphatic carbocycles. The minimum Gasteiger partial charge on any atom is -0.362 e. The van der Waals surface area contributed by atoms with Gasteiger partial charge in [0, 0.05) is 37.6 Å². The molecule has 0 radical (unpaired) electrons. The van der Waals surface area contributed by atoms with Crippen LogP contribution in [0.25, 0.3) is 10.9 Å². The van der Waals surface area contributed by atoms with E-state index >= 15 is 0 Å². The number of nitrogens with one attached hydrogen (secondary N) is 2. The SMILES string of the molecule is CN(C)c1nc(NC2CCC(CNC(=O)c3ccccc3Cc3ccccc3)CC2)nc2ccccc12. The second-order valence-electron chi connectivity index (χ2n) is 10.2. The van der Waals surface area contributed by atoms with E-state index in [1.807, 2.05) is 73.6 Å². The summed E-state index contributed by atoms with van der Waals surface area (Å²) in [6.45, 7) is 0.711. The number of amides is 1. The summed E-state index contributed by atoms with van der Waals surface area (Å²) in [6.07, 6.45) is 4.97. The number of carbonyl (C=O) groups excluding carboxylic acids is 1. The Morgan fingerprint density at radius 3 is 2.35 bits per heavy atom. The zero-order valence-corrected chi connectivity index (χ0v) is 21.7. The smallest absolute Gasteiger partial charge is 0.251 e. The lowest BCUT2D eigenvalue weighted by atomic mass is 9.86. The van der Waals surface area contributed by atoms with Crippen molar-refractivity contribution in [2.45, 2.75) is 38.1 Å². The zero-order valence-electron chi connectivity index (χ0n) is 21.7. The summed E-state index contributed by atoms with van der Waals surface area (Å²) in [5, 5.41) is 7.84. The Labute approximate surface area is 219 Å². The summed E-state index contributed by atoms with van der Waals surface area (Å²) in [6, 6.07) is 26.7. The van der Waals surface area contributed by atoms with Gasteiger partial charge in [0.05, 0.1) is 5.52 Å². The van der Waals surface area contributed by atoms with Crippen LogP contribution in [0.2, 0.25) is 0 Å². The van der Waals surface area contributed by atoms with Gasteiger partial charge in [-0.05, 0) is 67.3 Å². The van der Waals surface area contributed by atoms with Gasteiger partial charge in [0.25, 0.3) is 5.91 Å². The van der Waals surface area contributed by atoms with Crippen LogP contribution in [0.15, 0.2) is 78.9 Å². The molecule has 190 valence electrons. The van der Waals surface area contributed by atoms with E-state index in [2.05, 4.69) is 34.9 Å². The predicted octanol–water partition coefficient (Wildman–Crippen LogP) is 5.69. The van der Waals surface area contributed by atoms with Crippen LogP contribution in [0.3, 0.4) is 0 Å². The van der Waals surface area contributed by atoms with Crippen LogP contribution in [-0.2, 0) is 6.42 Å². The first-order valence-electron chi connectivity index (χ1n) is 13.2. The molecular weight excluding hydrogens is 458 g/mol. The largest absolute Gasteiger partial charge is 0.362 e. The summed E-state index contributed by atoms with van der Waals surface area (Å²) in [5.41, 5.74) is 3.99. The summed E-state index contributed by atoms with van der Waals surface area (Å²) in [4.78, 5) is 24.6. The molecule has 3 aromatic carbocycles. The molecule has 6 heteroatoms. The molecule has 0 spiro atoms. The van der Waals surface area contributed by atoms with Gasteiger partial charge >= 0.3 is 0 Å². The van der Waals surface area contributed by atoms with Crippen molar-refractivity contribution in [2.24, 2.45) is 5.92 Å². The molecule has 1 fully saturated rings. The van der Waals surface area contributed by atoms with Gasteiger partial charge in [-0.25, -0.2) is 4.98 Å². The van der Waals surface area contributed by atoms with E-state index in [9.17, 15) is 4.79 Å². The third-order valence-electron chi connectivity index (χ3n) is 7.24. The minimum absolute atomic E-state index is 0.0209. The number of aromatic nitrogens is 2. The van der Waals surface area contributed by atoms with Gasteiger partial charge in [0.1, 0.15) is 5.82 Å². The van der Waals surface area contributed by atoms with Crippen molar-refractivity contribution in [3.05, 3.63) is 95.6 Å². The van der Waals surface area contributed by atoms with E-state index in [0.717, 1.165) is 60.0 Å². The van der Waals surface area contributed by atoms with Gasteiger partial charge in [-0.3, -0.25) is 4.79 Å². The summed E-state index contributed by atoms with van der Waals surface area (Å²) < 4.78 is 0. The number of hydrogen-bond acceptors (Lipinski definition) is 5. The molecule has 6 nitrogen and oxygen atoms in total. The average molecular weight is 494 g/mol. The van der Waals surface area contributed by atoms with E-state index < -0.39 is 0 Å². The Hall–Kier alpha value is -3.93. The van der Waals surface area contributed by atoms with Crippen LogP contribution in [-0.4, -0.2) is 42.6 Å². The molecule has 1 aliphatic rings. The van der Waals surface area contributed by atoms with E-state index in [-0.39, 0.29) is 5.91 Å². The van der Waals surface area contributed by atoms with E-state index in [4.69, 9.17) is 9.97 Å².